The van der Waals surface area contributed by atoms with Gasteiger partial charge in [0.05, 0.1) is 6.61 Å². The summed E-state index contributed by atoms with van der Waals surface area (Å²) in [5, 5.41) is 9.35. The number of benzene rings is 1. The quantitative estimate of drug-likeness (QED) is 0.884. The average molecular weight is 270 g/mol. The molecule has 2 rings (SSSR count). The molecule has 82 valence electrons. The van der Waals surface area contributed by atoms with Gasteiger partial charge in [-0.3, -0.25) is 0 Å². The van der Waals surface area contributed by atoms with Crippen molar-refractivity contribution in [2.75, 3.05) is 6.61 Å². The van der Waals surface area contributed by atoms with E-state index in [2.05, 4.69) is 28.1 Å². The summed E-state index contributed by atoms with van der Waals surface area (Å²) in [6, 6.07) is 8.25. The first-order valence-corrected chi connectivity index (χ1v) is 5.97. The number of aliphatic hydroxyl groups excluding tert-OH is 1. The third kappa shape index (κ3) is 1.73. The minimum Gasteiger partial charge on any atom is -0.394 e. The second-order valence-corrected chi connectivity index (χ2v) is 5.58. The van der Waals surface area contributed by atoms with Crippen molar-refractivity contribution in [2.45, 2.75) is 30.7 Å². The molecule has 1 saturated carbocycles. The number of aliphatic hydroxyl groups is 1. The van der Waals surface area contributed by atoms with Crippen LogP contribution in [-0.4, -0.2) is 17.3 Å². The molecule has 0 spiro atoms. The number of hydrogen-bond acceptors (Lipinski definition) is 2. The highest BCUT2D eigenvalue weighted by Gasteiger charge is 2.55. The highest BCUT2D eigenvalue weighted by Crippen LogP contribution is 2.54. The summed E-state index contributed by atoms with van der Waals surface area (Å²) in [5.74, 6) is 0. The molecule has 0 aliphatic heterocycles. The second-order valence-electron chi connectivity index (χ2n) is 4.66. The second kappa shape index (κ2) is 3.58. The number of nitrogens with two attached hydrogens (primary N) is 1. The van der Waals surface area contributed by atoms with E-state index in [1.807, 2.05) is 19.1 Å². The maximum Gasteiger partial charge on any atom is 0.0617 e. The molecule has 3 heteroatoms. The van der Waals surface area contributed by atoms with Gasteiger partial charge in [-0.25, -0.2) is 0 Å². The van der Waals surface area contributed by atoms with Gasteiger partial charge in [-0.15, -0.1) is 0 Å². The van der Waals surface area contributed by atoms with Crippen LogP contribution in [0.1, 0.15) is 25.3 Å². The van der Waals surface area contributed by atoms with Gasteiger partial charge in [-0.05, 0) is 37.5 Å². The molecule has 1 aliphatic carbocycles. The Balaban J connectivity index is 2.34. The van der Waals surface area contributed by atoms with E-state index in [1.54, 1.807) is 0 Å². The summed E-state index contributed by atoms with van der Waals surface area (Å²) in [6.07, 6.45) is 2.14. The van der Waals surface area contributed by atoms with E-state index >= 15 is 0 Å². The van der Waals surface area contributed by atoms with Crippen LogP contribution in [0.5, 0.6) is 0 Å². The maximum absolute atomic E-state index is 9.35. The summed E-state index contributed by atoms with van der Waals surface area (Å²) in [6.45, 7) is 1.96. The molecular weight excluding hydrogens is 254 g/mol. The van der Waals surface area contributed by atoms with Gasteiger partial charge in [0.25, 0.3) is 0 Å². The van der Waals surface area contributed by atoms with Crippen LogP contribution in [0.3, 0.4) is 0 Å². The molecule has 0 saturated heterocycles. The summed E-state index contributed by atoms with van der Waals surface area (Å²) in [4.78, 5) is 0. The first kappa shape index (κ1) is 11.1. The van der Waals surface area contributed by atoms with Gasteiger partial charge >= 0.3 is 0 Å². The van der Waals surface area contributed by atoms with Crippen molar-refractivity contribution in [3.05, 3.63) is 34.3 Å². The molecule has 1 aromatic carbocycles. The Morgan fingerprint density at radius 2 is 1.93 bits per heavy atom. The van der Waals surface area contributed by atoms with Crippen LogP contribution >= 0.6 is 15.9 Å². The van der Waals surface area contributed by atoms with E-state index in [0.29, 0.717) is 0 Å². The molecule has 0 bridgehead atoms. The van der Waals surface area contributed by atoms with Crippen LogP contribution in [0.25, 0.3) is 0 Å². The fraction of sp³-hybridized carbons (Fsp3) is 0.500. The maximum atomic E-state index is 9.35. The predicted molar refractivity (Wildman–Crippen MR) is 64.7 cm³/mol. The van der Waals surface area contributed by atoms with Gasteiger partial charge in [0.2, 0.25) is 0 Å². The zero-order chi connectivity index (χ0) is 11.1. The van der Waals surface area contributed by atoms with E-state index in [9.17, 15) is 5.11 Å². The Morgan fingerprint density at radius 1 is 1.40 bits per heavy atom. The van der Waals surface area contributed by atoms with Gasteiger partial charge in [-0.2, -0.15) is 0 Å². The summed E-state index contributed by atoms with van der Waals surface area (Å²) in [5.41, 5.74) is 6.88. The lowest BCUT2D eigenvalue weighted by Gasteiger charge is -2.33. The summed E-state index contributed by atoms with van der Waals surface area (Å²) >= 11 is 3.42. The normalized spacial score (nSPS) is 22.1. The molecule has 1 aliphatic rings. The first-order chi connectivity index (χ1) is 7.02. The third-order valence-corrected chi connectivity index (χ3v) is 4.10. The van der Waals surface area contributed by atoms with Crippen molar-refractivity contribution >= 4 is 15.9 Å². The van der Waals surface area contributed by atoms with Crippen molar-refractivity contribution in [3.63, 3.8) is 0 Å². The van der Waals surface area contributed by atoms with Crippen LogP contribution in [0.4, 0.5) is 0 Å². The Bertz CT molecular complexity index is 354. The van der Waals surface area contributed by atoms with Crippen LogP contribution in [0.15, 0.2) is 28.7 Å². The van der Waals surface area contributed by atoms with Gasteiger partial charge in [-0.1, -0.05) is 28.1 Å². The SMILES string of the molecule is CC(N)(CO)C1(c2ccc(Br)cc2)CC1. The average Bonchev–Trinajstić information content (AvgIpc) is 3.00. The fourth-order valence-corrected chi connectivity index (χ4v) is 2.50. The van der Waals surface area contributed by atoms with Crippen molar-refractivity contribution in [1.82, 2.24) is 0 Å². The summed E-state index contributed by atoms with van der Waals surface area (Å²) in [7, 11) is 0. The van der Waals surface area contributed by atoms with Crippen molar-refractivity contribution in [3.8, 4) is 0 Å². The molecule has 1 fully saturated rings. The Morgan fingerprint density at radius 3 is 2.33 bits per heavy atom. The Labute approximate surface area is 98.6 Å². The van der Waals surface area contributed by atoms with Crippen LogP contribution in [0, 0.1) is 0 Å². The minimum atomic E-state index is -0.513. The van der Waals surface area contributed by atoms with Crippen LogP contribution in [0.2, 0.25) is 0 Å². The van der Waals surface area contributed by atoms with Gasteiger partial charge in [0.1, 0.15) is 0 Å². The van der Waals surface area contributed by atoms with Gasteiger partial charge < -0.3 is 10.8 Å². The lowest BCUT2D eigenvalue weighted by atomic mass is 9.78. The van der Waals surface area contributed by atoms with E-state index in [0.717, 1.165) is 17.3 Å². The minimum absolute atomic E-state index is 0.0115. The molecule has 3 N–H and O–H groups in total. The fourth-order valence-electron chi connectivity index (χ4n) is 2.23. The van der Waals surface area contributed by atoms with Crippen molar-refractivity contribution in [1.29, 1.82) is 0 Å². The smallest absolute Gasteiger partial charge is 0.0617 e. The zero-order valence-electron chi connectivity index (χ0n) is 8.83. The number of rotatable bonds is 3. The van der Waals surface area contributed by atoms with E-state index in [1.165, 1.54) is 5.56 Å². The number of halogens is 1. The Kier molecular flexibility index (Phi) is 2.65. The van der Waals surface area contributed by atoms with Crippen molar-refractivity contribution < 1.29 is 5.11 Å². The predicted octanol–water partition coefficient (Wildman–Crippen LogP) is 2.19. The van der Waals surface area contributed by atoms with Crippen LogP contribution in [-0.2, 0) is 5.41 Å². The van der Waals surface area contributed by atoms with Gasteiger partial charge in [0, 0.05) is 15.4 Å². The molecule has 0 aromatic heterocycles. The third-order valence-electron chi connectivity index (χ3n) is 3.57. The van der Waals surface area contributed by atoms with Crippen LogP contribution < -0.4 is 5.73 Å². The van der Waals surface area contributed by atoms with E-state index in [-0.39, 0.29) is 12.0 Å². The molecule has 15 heavy (non-hydrogen) atoms. The molecule has 0 radical (unpaired) electrons. The standard InChI is InChI=1S/C12H16BrNO/c1-11(14,8-15)12(6-7-12)9-2-4-10(13)5-3-9/h2-5,15H,6-8,14H2,1H3. The lowest BCUT2D eigenvalue weighted by molar-refractivity contribution is 0.175. The highest BCUT2D eigenvalue weighted by atomic mass is 79.9. The Hall–Kier alpha value is -0.380. The van der Waals surface area contributed by atoms with Gasteiger partial charge in [0.15, 0.2) is 0 Å². The largest absolute Gasteiger partial charge is 0.394 e. The molecular formula is C12H16BrNO. The topological polar surface area (TPSA) is 46.2 Å². The molecule has 2 nitrogen and oxygen atoms in total. The monoisotopic (exact) mass is 269 g/mol. The highest BCUT2D eigenvalue weighted by molar-refractivity contribution is 9.10. The summed E-state index contributed by atoms with van der Waals surface area (Å²) < 4.78 is 1.07. The molecule has 1 aromatic rings. The van der Waals surface area contributed by atoms with E-state index < -0.39 is 5.54 Å². The van der Waals surface area contributed by atoms with E-state index in [4.69, 9.17) is 5.73 Å². The first-order valence-electron chi connectivity index (χ1n) is 5.18. The van der Waals surface area contributed by atoms with Crippen molar-refractivity contribution in [2.24, 2.45) is 5.73 Å². The molecule has 1 atom stereocenters. The molecule has 1 unspecified atom stereocenters. The molecule has 0 heterocycles. The number of hydrogen-bond donors (Lipinski definition) is 2. The lowest BCUT2D eigenvalue weighted by Crippen LogP contribution is -2.51. The molecule has 0 amide bonds. The zero-order valence-corrected chi connectivity index (χ0v) is 10.4.